The van der Waals surface area contributed by atoms with E-state index in [9.17, 15) is 4.79 Å². The van der Waals surface area contributed by atoms with E-state index < -0.39 is 0 Å². The molecule has 0 aliphatic rings. The van der Waals surface area contributed by atoms with Crippen LogP contribution in [0, 0.1) is 25.2 Å². The minimum absolute atomic E-state index is 0.166. The van der Waals surface area contributed by atoms with E-state index in [2.05, 4.69) is 4.98 Å². The molecule has 1 N–H and O–H groups in total. The Morgan fingerprint density at radius 1 is 1.18 bits per heavy atom. The van der Waals surface area contributed by atoms with Gasteiger partial charge in [-0.05, 0) is 25.5 Å². The first-order valence-corrected chi connectivity index (χ1v) is 5.33. The molecule has 0 bridgehead atoms. The van der Waals surface area contributed by atoms with E-state index in [4.69, 9.17) is 5.26 Å². The van der Waals surface area contributed by atoms with Gasteiger partial charge < -0.3 is 4.98 Å². The van der Waals surface area contributed by atoms with Crippen LogP contribution in [-0.2, 0) is 0 Å². The molecule has 3 heteroatoms. The van der Waals surface area contributed by atoms with Crippen molar-refractivity contribution in [1.29, 1.82) is 5.26 Å². The highest BCUT2D eigenvalue weighted by molar-refractivity contribution is 5.70. The minimum atomic E-state index is -0.330. The summed E-state index contributed by atoms with van der Waals surface area (Å²) >= 11 is 0. The van der Waals surface area contributed by atoms with Crippen LogP contribution in [0.4, 0.5) is 0 Å². The molecule has 3 nitrogen and oxygen atoms in total. The minimum Gasteiger partial charge on any atom is -0.325 e. The lowest BCUT2D eigenvalue weighted by Crippen LogP contribution is -2.12. The zero-order valence-electron chi connectivity index (χ0n) is 9.74. The van der Waals surface area contributed by atoms with Crippen LogP contribution in [0.3, 0.4) is 0 Å². The van der Waals surface area contributed by atoms with Crippen molar-refractivity contribution in [1.82, 2.24) is 4.98 Å². The van der Waals surface area contributed by atoms with Crippen molar-refractivity contribution in [2.75, 3.05) is 0 Å². The molecule has 0 atom stereocenters. The first-order chi connectivity index (χ1) is 8.11. The maximum absolute atomic E-state index is 11.7. The Balaban J connectivity index is 2.71. The fourth-order valence-corrected chi connectivity index (χ4v) is 1.76. The molecule has 0 fully saturated rings. The van der Waals surface area contributed by atoms with Gasteiger partial charge in [-0.2, -0.15) is 5.26 Å². The fourth-order valence-electron chi connectivity index (χ4n) is 1.76. The summed E-state index contributed by atoms with van der Waals surface area (Å²) in [5.41, 5.74) is 3.32. The quantitative estimate of drug-likeness (QED) is 0.809. The molecule has 1 aromatic heterocycles. The second-order valence-electron chi connectivity index (χ2n) is 4.05. The summed E-state index contributed by atoms with van der Waals surface area (Å²) in [5, 5.41) is 9.04. The van der Waals surface area contributed by atoms with Gasteiger partial charge in [-0.1, -0.05) is 29.8 Å². The molecular weight excluding hydrogens is 212 g/mol. The first kappa shape index (κ1) is 11.2. The third-order valence-electron chi connectivity index (χ3n) is 2.64. The van der Waals surface area contributed by atoms with Gasteiger partial charge in [0, 0.05) is 11.3 Å². The van der Waals surface area contributed by atoms with E-state index in [0.717, 1.165) is 16.8 Å². The van der Waals surface area contributed by atoms with Crippen LogP contribution in [0.1, 0.15) is 16.8 Å². The van der Waals surface area contributed by atoms with Crippen LogP contribution < -0.4 is 5.56 Å². The number of aromatic amines is 1. The van der Waals surface area contributed by atoms with Crippen molar-refractivity contribution in [3.8, 4) is 17.2 Å². The Bertz CT molecular complexity index is 645. The Morgan fingerprint density at radius 3 is 2.41 bits per heavy atom. The predicted molar refractivity (Wildman–Crippen MR) is 66.7 cm³/mol. The van der Waals surface area contributed by atoms with Gasteiger partial charge in [-0.15, -0.1) is 0 Å². The van der Waals surface area contributed by atoms with Crippen molar-refractivity contribution in [3.05, 3.63) is 57.5 Å². The Labute approximate surface area is 99.4 Å². The van der Waals surface area contributed by atoms with Crippen molar-refractivity contribution >= 4 is 0 Å². The maximum atomic E-state index is 11.7. The van der Waals surface area contributed by atoms with Gasteiger partial charge in [0.25, 0.3) is 5.56 Å². The van der Waals surface area contributed by atoms with Crippen molar-refractivity contribution in [2.45, 2.75) is 13.8 Å². The van der Waals surface area contributed by atoms with Crippen LogP contribution in [0.5, 0.6) is 0 Å². The number of pyridine rings is 1. The third-order valence-corrected chi connectivity index (χ3v) is 2.64. The Hall–Kier alpha value is -2.34. The second-order valence-corrected chi connectivity index (χ2v) is 4.05. The van der Waals surface area contributed by atoms with Gasteiger partial charge in [-0.3, -0.25) is 4.79 Å². The van der Waals surface area contributed by atoms with Gasteiger partial charge in [0.15, 0.2) is 0 Å². The molecule has 1 aromatic carbocycles. The molecular formula is C14H12N2O. The summed E-state index contributed by atoms with van der Waals surface area (Å²) in [5.74, 6) is 0. The molecule has 17 heavy (non-hydrogen) atoms. The molecule has 2 aromatic rings. The van der Waals surface area contributed by atoms with Crippen LogP contribution >= 0.6 is 0 Å². The SMILES string of the molecule is Cc1ccc(-c2cc(C)[nH]c(=O)c2C#N)cc1. The van der Waals surface area contributed by atoms with E-state index in [1.54, 1.807) is 6.92 Å². The zero-order valence-corrected chi connectivity index (χ0v) is 9.74. The number of hydrogen-bond acceptors (Lipinski definition) is 2. The molecule has 0 aliphatic heterocycles. The van der Waals surface area contributed by atoms with Crippen LogP contribution in [0.2, 0.25) is 0 Å². The molecule has 0 aliphatic carbocycles. The highest BCUT2D eigenvalue weighted by Gasteiger charge is 2.09. The lowest BCUT2D eigenvalue weighted by atomic mass is 10.0. The number of hydrogen-bond donors (Lipinski definition) is 1. The number of aryl methyl sites for hydroxylation is 2. The molecule has 0 radical (unpaired) electrons. The Morgan fingerprint density at radius 2 is 1.82 bits per heavy atom. The molecule has 2 rings (SSSR count). The number of H-pyrrole nitrogens is 1. The van der Waals surface area contributed by atoms with Crippen LogP contribution in [0.25, 0.3) is 11.1 Å². The van der Waals surface area contributed by atoms with Gasteiger partial charge >= 0.3 is 0 Å². The van der Waals surface area contributed by atoms with Crippen molar-refractivity contribution < 1.29 is 0 Å². The molecule has 0 saturated heterocycles. The largest absolute Gasteiger partial charge is 0.325 e. The van der Waals surface area contributed by atoms with Gasteiger partial charge in [0.05, 0.1) is 0 Å². The molecule has 0 amide bonds. The van der Waals surface area contributed by atoms with E-state index in [-0.39, 0.29) is 11.1 Å². The number of nitrogens with one attached hydrogen (secondary N) is 1. The first-order valence-electron chi connectivity index (χ1n) is 5.33. The fraction of sp³-hybridized carbons (Fsp3) is 0.143. The topological polar surface area (TPSA) is 56.6 Å². The second kappa shape index (κ2) is 4.26. The summed E-state index contributed by atoms with van der Waals surface area (Å²) in [6, 6.07) is 11.6. The van der Waals surface area contributed by atoms with E-state index in [1.807, 2.05) is 43.3 Å². The van der Waals surface area contributed by atoms with Gasteiger partial charge in [-0.25, -0.2) is 0 Å². The van der Waals surface area contributed by atoms with E-state index in [0.29, 0.717) is 5.56 Å². The lowest BCUT2D eigenvalue weighted by Gasteiger charge is -2.05. The molecule has 1 heterocycles. The summed E-state index contributed by atoms with van der Waals surface area (Å²) in [6.07, 6.45) is 0. The lowest BCUT2D eigenvalue weighted by molar-refractivity contribution is 1.13. The number of benzene rings is 1. The smallest absolute Gasteiger partial charge is 0.266 e. The van der Waals surface area contributed by atoms with Gasteiger partial charge in [0.2, 0.25) is 0 Å². The predicted octanol–water partition coefficient (Wildman–Crippen LogP) is 2.53. The monoisotopic (exact) mass is 224 g/mol. The zero-order chi connectivity index (χ0) is 12.4. The van der Waals surface area contributed by atoms with Crippen LogP contribution in [0.15, 0.2) is 35.1 Å². The molecule has 0 saturated carbocycles. The number of nitrogens with zero attached hydrogens (tertiary/aromatic N) is 1. The highest BCUT2D eigenvalue weighted by atomic mass is 16.1. The van der Waals surface area contributed by atoms with Crippen LogP contribution in [-0.4, -0.2) is 4.98 Å². The Kier molecular flexibility index (Phi) is 2.80. The highest BCUT2D eigenvalue weighted by Crippen LogP contribution is 2.21. The van der Waals surface area contributed by atoms with Crippen molar-refractivity contribution in [3.63, 3.8) is 0 Å². The molecule has 0 unspecified atom stereocenters. The summed E-state index contributed by atoms with van der Waals surface area (Å²) < 4.78 is 0. The average Bonchev–Trinajstić information content (AvgIpc) is 2.29. The molecule has 0 spiro atoms. The third kappa shape index (κ3) is 2.11. The summed E-state index contributed by atoms with van der Waals surface area (Å²) in [7, 11) is 0. The average molecular weight is 224 g/mol. The summed E-state index contributed by atoms with van der Waals surface area (Å²) in [6.45, 7) is 3.80. The number of aromatic nitrogens is 1. The van der Waals surface area contributed by atoms with Crippen molar-refractivity contribution in [2.24, 2.45) is 0 Å². The van der Waals surface area contributed by atoms with E-state index in [1.165, 1.54) is 0 Å². The number of rotatable bonds is 1. The van der Waals surface area contributed by atoms with E-state index >= 15 is 0 Å². The number of nitriles is 1. The normalized spacial score (nSPS) is 9.94. The maximum Gasteiger partial charge on any atom is 0.266 e. The summed E-state index contributed by atoms with van der Waals surface area (Å²) in [4.78, 5) is 14.3. The standard InChI is InChI=1S/C14H12N2O/c1-9-3-5-11(6-4-9)12-7-10(2)16-14(17)13(12)8-15/h3-7H,1-2H3,(H,16,17). The molecule has 84 valence electrons. The van der Waals surface area contributed by atoms with Gasteiger partial charge in [0.1, 0.15) is 11.6 Å².